The summed E-state index contributed by atoms with van der Waals surface area (Å²) in [6, 6.07) is 25.2. The molecule has 0 bridgehead atoms. The van der Waals surface area contributed by atoms with Crippen molar-refractivity contribution in [1.82, 2.24) is 4.90 Å². The fourth-order valence-corrected chi connectivity index (χ4v) is 4.08. The number of anilines is 1. The fourth-order valence-electron chi connectivity index (χ4n) is 4.08. The van der Waals surface area contributed by atoms with Crippen molar-refractivity contribution in [3.8, 4) is 5.75 Å². The first kappa shape index (κ1) is 24.3. The monoisotopic (exact) mass is 468 g/mol. The van der Waals surface area contributed by atoms with E-state index in [1.807, 2.05) is 78.9 Å². The minimum absolute atomic E-state index is 0.283. The Bertz CT molecular complexity index is 1200. The lowest BCUT2D eigenvalue weighted by Gasteiger charge is -2.15. The lowest BCUT2D eigenvalue weighted by Crippen LogP contribution is -2.34. The van der Waals surface area contributed by atoms with Gasteiger partial charge in [-0.15, -0.1) is 0 Å². The third-order valence-corrected chi connectivity index (χ3v) is 6.10. The van der Waals surface area contributed by atoms with E-state index in [2.05, 4.69) is 26.1 Å². The number of carbonyl (C=O) groups is 2. The van der Waals surface area contributed by atoms with Gasteiger partial charge in [-0.1, -0.05) is 75.4 Å². The number of ether oxygens (including phenoxy) is 1. The van der Waals surface area contributed by atoms with E-state index in [0.29, 0.717) is 42.3 Å². The lowest BCUT2D eigenvalue weighted by molar-refractivity contribution is -0.136. The van der Waals surface area contributed by atoms with Crippen LogP contribution in [0.4, 0.5) is 5.69 Å². The van der Waals surface area contributed by atoms with Crippen LogP contribution in [0.15, 0.2) is 84.6 Å². The normalized spacial score (nSPS) is 13.7. The SMILES string of the molecule is CCCOc1ccc(C2=C(Nc3ccc(C(C)C)cc3)C(=O)N(CCc3ccccc3)C2=O)cc1. The van der Waals surface area contributed by atoms with Crippen molar-refractivity contribution in [2.45, 2.75) is 39.5 Å². The van der Waals surface area contributed by atoms with E-state index >= 15 is 0 Å². The number of carbonyl (C=O) groups excluding carboxylic acids is 2. The number of hydrogen-bond donors (Lipinski definition) is 1. The molecule has 3 aromatic carbocycles. The largest absolute Gasteiger partial charge is 0.494 e. The maximum Gasteiger partial charge on any atom is 0.278 e. The second-order valence-corrected chi connectivity index (χ2v) is 9.02. The van der Waals surface area contributed by atoms with E-state index in [9.17, 15) is 9.59 Å². The van der Waals surface area contributed by atoms with Crippen LogP contribution in [0.3, 0.4) is 0 Å². The number of imide groups is 1. The van der Waals surface area contributed by atoms with Crippen molar-refractivity contribution in [2.24, 2.45) is 0 Å². The second-order valence-electron chi connectivity index (χ2n) is 9.02. The van der Waals surface area contributed by atoms with Crippen LogP contribution >= 0.6 is 0 Å². The average Bonchev–Trinajstić information content (AvgIpc) is 3.11. The molecule has 3 aromatic rings. The third kappa shape index (κ3) is 5.62. The molecule has 1 aliphatic rings. The topological polar surface area (TPSA) is 58.6 Å². The van der Waals surface area contributed by atoms with Crippen LogP contribution in [-0.2, 0) is 16.0 Å². The Morgan fingerprint density at radius 3 is 2.17 bits per heavy atom. The van der Waals surface area contributed by atoms with E-state index in [4.69, 9.17) is 4.74 Å². The molecule has 1 aliphatic heterocycles. The molecular formula is C30H32N2O3. The molecule has 0 radical (unpaired) electrons. The highest BCUT2D eigenvalue weighted by Gasteiger charge is 2.39. The maximum atomic E-state index is 13.5. The summed E-state index contributed by atoms with van der Waals surface area (Å²) in [5, 5.41) is 3.25. The zero-order valence-electron chi connectivity index (χ0n) is 20.6. The van der Waals surface area contributed by atoms with Gasteiger partial charge in [0.25, 0.3) is 11.8 Å². The van der Waals surface area contributed by atoms with Gasteiger partial charge in [-0.25, -0.2) is 0 Å². The average molecular weight is 469 g/mol. The second kappa shape index (κ2) is 11.0. The Morgan fingerprint density at radius 1 is 0.857 bits per heavy atom. The lowest BCUT2D eigenvalue weighted by atomic mass is 10.0. The molecule has 1 N–H and O–H groups in total. The van der Waals surface area contributed by atoms with Crippen molar-refractivity contribution in [1.29, 1.82) is 0 Å². The van der Waals surface area contributed by atoms with Crippen molar-refractivity contribution >= 4 is 23.1 Å². The molecule has 0 spiro atoms. The standard InChI is InChI=1S/C30H32N2O3/c1-4-20-35-26-16-12-24(13-17-26)27-28(31-25-14-10-23(11-15-25)21(2)3)30(34)32(29(27)33)19-18-22-8-6-5-7-9-22/h5-17,21,31H,4,18-20H2,1-3H3. The molecule has 1 heterocycles. The zero-order chi connectivity index (χ0) is 24.8. The first-order valence-electron chi connectivity index (χ1n) is 12.2. The van der Waals surface area contributed by atoms with Crippen molar-refractivity contribution < 1.29 is 14.3 Å². The maximum absolute atomic E-state index is 13.5. The Morgan fingerprint density at radius 2 is 1.54 bits per heavy atom. The van der Waals surface area contributed by atoms with E-state index in [1.54, 1.807) is 0 Å². The molecule has 2 amide bonds. The Balaban J connectivity index is 1.63. The molecular weight excluding hydrogens is 436 g/mol. The van der Waals surface area contributed by atoms with Gasteiger partial charge < -0.3 is 10.1 Å². The number of nitrogens with one attached hydrogen (secondary N) is 1. The predicted molar refractivity (Wildman–Crippen MR) is 140 cm³/mol. The molecule has 0 unspecified atom stereocenters. The van der Waals surface area contributed by atoms with E-state index in [1.165, 1.54) is 10.5 Å². The molecule has 35 heavy (non-hydrogen) atoms. The number of hydrogen-bond acceptors (Lipinski definition) is 4. The van der Waals surface area contributed by atoms with E-state index < -0.39 is 0 Å². The van der Waals surface area contributed by atoms with Gasteiger partial charge in [0.05, 0.1) is 12.2 Å². The minimum atomic E-state index is -0.305. The quantitative estimate of drug-likeness (QED) is 0.369. The van der Waals surface area contributed by atoms with Crippen molar-refractivity contribution in [2.75, 3.05) is 18.5 Å². The molecule has 0 atom stereocenters. The molecule has 4 rings (SSSR count). The molecule has 5 nitrogen and oxygen atoms in total. The Labute approximate surface area is 207 Å². The smallest absolute Gasteiger partial charge is 0.278 e. The van der Waals surface area contributed by atoms with Gasteiger partial charge in [0, 0.05) is 12.2 Å². The highest BCUT2D eigenvalue weighted by molar-refractivity contribution is 6.36. The Kier molecular flexibility index (Phi) is 7.66. The summed E-state index contributed by atoms with van der Waals surface area (Å²) in [6.07, 6.45) is 1.52. The number of rotatable bonds is 10. The number of nitrogens with zero attached hydrogens (tertiary/aromatic N) is 1. The summed E-state index contributed by atoms with van der Waals surface area (Å²) in [4.78, 5) is 28.3. The van der Waals surface area contributed by atoms with Gasteiger partial charge in [0.1, 0.15) is 11.4 Å². The molecule has 0 saturated heterocycles. The fraction of sp³-hybridized carbons (Fsp3) is 0.267. The van der Waals surface area contributed by atoms with Gasteiger partial charge in [-0.2, -0.15) is 0 Å². The molecule has 0 fully saturated rings. The highest BCUT2D eigenvalue weighted by Crippen LogP contribution is 2.32. The summed E-state index contributed by atoms with van der Waals surface area (Å²) in [5.74, 6) is 0.567. The molecule has 0 aromatic heterocycles. The number of amides is 2. The van der Waals surface area contributed by atoms with Gasteiger partial charge in [-0.05, 0) is 59.7 Å². The Hall–Kier alpha value is -3.86. The van der Waals surface area contributed by atoms with E-state index in [0.717, 1.165) is 23.4 Å². The first-order valence-corrected chi connectivity index (χ1v) is 12.2. The molecule has 0 saturated carbocycles. The predicted octanol–water partition coefficient (Wildman–Crippen LogP) is 6.03. The van der Waals surface area contributed by atoms with Crippen LogP contribution in [0.25, 0.3) is 5.57 Å². The number of benzene rings is 3. The molecule has 0 aliphatic carbocycles. The summed E-state index contributed by atoms with van der Waals surface area (Å²) < 4.78 is 5.69. The van der Waals surface area contributed by atoms with Crippen molar-refractivity contribution in [3.05, 3.63) is 101 Å². The van der Waals surface area contributed by atoms with Gasteiger partial charge in [0.15, 0.2) is 0 Å². The summed E-state index contributed by atoms with van der Waals surface area (Å²) >= 11 is 0. The van der Waals surface area contributed by atoms with E-state index in [-0.39, 0.29) is 11.8 Å². The van der Waals surface area contributed by atoms with Crippen LogP contribution in [0.1, 0.15) is 49.8 Å². The van der Waals surface area contributed by atoms with Crippen LogP contribution in [-0.4, -0.2) is 29.9 Å². The first-order chi connectivity index (χ1) is 17.0. The van der Waals surface area contributed by atoms with Crippen LogP contribution < -0.4 is 10.1 Å². The van der Waals surface area contributed by atoms with Gasteiger partial charge in [-0.3, -0.25) is 14.5 Å². The van der Waals surface area contributed by atoms with Gasteiger partial charge >= 0.3 is 0 Å². The summed E-state index contributed by atoms with van der Waals surface area (Å²) in [6.45, 7) is 7.28. The minimum Gasteiger partial charge on any atom is -0.494 e. The molecule has 5 heteroatoms. The van der Waals surface area contributed by atoms with Crippen LogP contribution in [0.2, 0.25) is 0 Å². The van der Waals surface area contributed by atoms with Crippen LogP contribution in [0, 0.1) is 0 Å². The third-order valence-electron chi connectivity index (χ3n) is 6.10. The summed E-state index contributed by atoms with van der Waals surface area (Å²) in [7, 11) is 0. The zero-order valence-corrected chi connectivity index (χ0v) is 20.6. The van der Waals surface area contributed by atoms with Crippen molar-refractivity contribution in [3.63, 3.8) is 0 Å². The molecule has 180 valence electrons. The van der Waals surface area contributed by atoms with Gasteiger partial charge in [0.2, 0.25) is 0 Å². The summed E-state index contributed by atoms with van der Waals surface area (Å²) in [5.41, 5.74) is 4.45. The van der Waals surface area contributed by atoms with Crippen LogP contribution in [0.5, 0.6) is 5.75 Å². The highest BCUT2D eigenvalue weighted by atomic mass is 16.5.